The summed E-state index contributed by atoms with van der Waals surface area (Å²) in [7, 11) is 2.98. The van der Waals surface area contributed by atoms with Gasteiger partial charge in [-0.3, -0.25) is 0 Å². The minimum atomic E-state index is -2.30. The fraction of sp³-hybridized carbons (Fsp3) is 1.00. The third-order valence-electron chi connectivity index (χ3n) is 2.78. The zero-order valence-electron chi connectivity index (χ0n) is 10.7. The zero-order chi connectivity index (χ0) is 11.7. The van der Waals surface area contributed by atoms with Crippen molar-refractivity contribution in [2.75, 3.05) is 39.8 Å². The molecule has 0 aromatic rings. The second kappa shape index (κ2) is 8.65. The third kappa shape index (κ3) is 5.41. The number of rotatable bonds is 9. The van der Waals surface area contributed by atoms with E-state index in [1.165, 1.54) is 18.5 Å². The Morgan fingerprint density at radius 1 is 0.933 bits per heavy atom. The standard InChI is InChI=1S/C10H25O3PSi/c1-6-14(7-2)9-8-10-15(11-3,12-4)13-5/h6-10H2,1-5H3. The summed E-state index contributed by atoms with van der Waals surface area (Å²) in [5.41, 5.74) is 0. The molecule has 0 saturated heterocycles. The van der Waals surface area contributed by atoms with Gasteiger partial charge in [0.25, 0.3) is 0 Å². The molecule has 5 heteroatoms. The number of hydrogen-bond donors (Lipinski definition) is 0. The van der Waals surface area contributed by atoms with E-state index in [4.69, 9.17) is 13.3 Å². The van der Waals surface area contributed by atoms with Gasteiger partial charge in [0.2, 0.25) is 0 Å². The molecule has 3 nitrogen and oxygen atoms in total. The zero-order valence-corrected chi connectivity index (χ0v) is 12.6. The van der Waals surface area contributed by atoms with E-state index in [0.717, 1.165) is 12.5 Å². The van der Waals surface area contributed by atoms with Crippen LogP contribution < -0.4 is 0 Å². The lowest BCUT2D eigenvalue weighted by atomic mass is 10.6. The minimum absolute atomic E-state index is 0.231. The minimum Gasteiger partial charge on any atom is -0.377 e. The Hall–Kier alpha value is 0.527. The van der Waals surface area contributed by atoms with Gasteiger partial charge in [-0.1, -0.05) is 13.8 Å². The van der Waals surface area contributed by atoms with Gasteiger partial charge in [-0.2, -0.15) is 0 Å². The van der Waals surface area contributed by atoms with Crippen molar-refractivity contribution >= 4 is 16.7 Å². The van der Waals surface area contributed by atoms with Gasteiger partial charge < -0.3 is 13.3 Å². The van der Waals surface area contributed by atoms with Crippen LogP contribution in [0.15, 0.2) is 0 Å². The van der Waals surface area contributed by atoms with E-state index in [2.05, 4.69) is 13.8 Å². The molecule has 0 amide bonds. The van der Waals surface area contributed by atoms with Crippen molar-refractivity contribution in [2.24, 2.45) is 0 Å². The molecule has 0 aliphatic heterocycles. The summed E-state index contributed by atoms with van der Waals surface area (Å²) < 4.78 is 16.2. The Labute approximate surface area is 96.6 Å². The monoisotopic (exact) mass is 252 g/mol. The lowest BCUT2D eigenvalue weighted by molar-refractivity contribution is 0.123. The SMILES string of the molecule is CCP(CC)CCC[Si](OC)(OC)OC. The predicted molar refractivity (Wildman–Crippen MR) is 69.1 cm³/mol. The van der Waals surface area contributed by atoms with Gasteiger partial charge in [0, 0.05) is 27.4 Å². The molecule has 0 spiro atoms. The van der Waals surface area contributed by atoms with Crippen molar-refractivity contribution in [3.63, 3.8) is 0 Å². The summed E-state index contributed by atoms with van der Waals surface area (Å²) in [6.07, 6.45) is 5.13. The lowest BCUT2D eigenvalue weighted by Gasteiger charge is -2.25. The molecule has 0 rings (SSSR count). The van der Waals surface area contributed by atoms with E-state index in [9.17, 15) is 0 Å². The quantitative estimate of drug-likeness (QED) is 0.466. The van der Waals surface area contributed by atoms with Gasteiger partial charge in [-0.25, -0.2) is 0 Å². The van der Waals surface area contributed by atoms with Crippen LogP contribution in [0, 0.1) is 0 Å². The first kappa shape index (κ1) is 15.5. The summed E-state index contributed by atoms with van der Waals surface area (Å²) in [6, 6.07) is 0.940. The van der Waals surface area contributed by atoms with Crippen LogP contribution in [0.25, 0.3) is 0 Å². The molecular formula is C10H25O3PSi. The van der Waals surface area contributed by atoms with Gasteiger partial charge in [-0.15, -0.1) is 7.92 Å². The van der Waals surface area contributed by atoms with E-state index >= 15 is 0 Å². The molecule has 0 aromatic heterocycles. The van der Waals surface area contributed by atoms with Crippen LogP contribution in [0.4, 0.5) is 0 Å². The highest BCUT2D eigenvalue weighted by Crippen LogP contribution is 2.36. The van der Waals surface area contributed by atoms with Crippen molar-refractivity contribution in [2.45, 2.75) is 26.3 Å². The van der Waals surface area contributed by atoms with E-state index in [-0.39, 0.29) is 7.92 Å². The molecule has 0 bridgehead atoms. The molecule has 92 valence electrons. The van der Waals surface area contributed by atoms with Crippen LogP contribution in [0.5, 0.6) is 0 Å². The maximum Gasteiger partial charge on any atom is 0.500 e. The van der Waals surface area contributed by atoms with Gasteiger partial charge in [0.15, 0.2) is 0 Å². The molecule has 0 saturated carbocycles. The predicted octanol–water partition coefficient (Wildman–Crippen LogP) is 2.78. The molecule has 0 aliphatic rings. The van der Waals surface area contributed by atoms with E-state index < -0.39 is 8.80 Å². The lowest BCUT2D eigenvalue weighted by Crippen LogP contribution is -2.42. The van der Waals surface area contributed by atoms with Crippen LogP contribution >= 0.6 is 7.92 Å². The Balaban J connectivity index is 3.89. The molecule has 0 radical (unpaired) electrons. The molecule has 0 fully saturated rings. The second-order valence-electron chi connectivity index (χ2n) is 3.43. The highest BCUT2D eigenvalue weighted by molar-refractivity contribution is 7.57. The first-order chi connectivity index (χ1) is 7.17. The van der Waals surface area contributed by atoms with Crippen molar-refractivity contribution in [3.8, 4) is 0 Å². The molecule has 0 aromatic carbocycles. The molecule has 15 heavy (non-hydrogen) atoms. The van der Waals surface area contributed by atoms with Crippen LogP contribution in [0.2, 0.25) is 6.04 Å². The highest BCUT2D eigenvalue weighted by Gasteiger charge is 2.36. The fourth-order valence-electron chi connectivity index (χ4n) is 1.62. The van der Waals surface area contributed by atoms with E-state index in [1.807, 2.05) is 0 Å². The summed E-state index contributed by atoms with van der Waals surface area (Å²) >= 11 is 0. The van der Waals surface area contributed by atoms with Crippen LogP contribution in [0.3, 0.4) is 0 Å². The molecule has 0 heterocycles. The van der Waals surface area contributed by atoms with Gasteiger partial charge >= 0.3 is 8.80 Å². The van der Waals surface area contributed by atoms with Crippen LogP contribution in [-0.4, -0.2) is 48.6 Å². The molecule has 0 aliphatic carbocycles. The van der Waals surface area contributed by atoms with Crippen LogP contribution in [-0.2, 0) is 13.3 Å². The third-order valence-corrected chi connectivity index (χ3v) is 8.35. The first-order valence-corrected chi connectivity index (χ1v) is 9.38. The van der Waals surface area contributed by atoms with E-state index in [0.29, 0.717) is 0 Å². The smallest absolute Gasteiger partial charge is 0.377 e. The van der Waals surface area contributed by atoms with Gasteiger partial charge in [0.05, 0.1) is 0 Å². The van der Waals surface area contributed by atoms with Crippen molar-refractivity contribution in [1.29, 1.82) is 0 Å². The maximum absolute atomic E-state index is 5.39. The topological polar surface area (TPSA) is 27.7 Å². The van der Waals surface area contributed by atoms with E-state index in [1.54, 1.807) is 21.3 Å². The van der Waals surface area contributed by atoms with Crippen molar-refractivity contribution in [1.82, 2.24) is 0 Å². The Kier molecular flexibility index (Phi) is 8.96. The average molecular weight is 252 g/mol. The molecule has 0 unspecified atom stereocenters. The average Bonchev–Trinajstić information content (AvgIpc) is 2.31. The summed E-state index contributed by atoms with van der Waals surface area (Å²) in [4.78, 5) is 0. The normalized spacial score (nSPS) is 12.4. The highest BCUT2D eigenvalue weighted by atomic mass is 31.1. The molecule has 0 atom stereocenters. The Bertz CT molecular complexity index is 141. The summed E-state index contributed by atoms with van der Waals surface area (Å²) in [6.45, 7) is 4.56. The van der Waals surface area contributed by atoms with Crippen LogP contribution in [0.1, 0.15) is 20.3 Å². The largest absolute Gasteiger partial charge is 0.500 e. The fourth-order valence-corrected chi connectivity index (χ4v) is 5.32. The number of hydrogen-bond acceptors (Lipinski definition) is 3. The first-order valence-electron chi connectivity index (χ1n) is 5.55. The van der Waals surface area contributed by atoms with Crippen molar-refractivity contribution < 1.29 is 13.3 Å². The van der Waals surface area contributed by atoms with Gasteiger partial charge in [-0.05, 0) is 24.9 Å². The molecular weight excluding hydrogens is 227 g/mol. The molecule has 0 N–H and O–H groups in total. The summed E-state index contributed by atoms with van der Waals surface area (Å²) in [5, 5.41) is 0. The Morgan fingerprint density at radius 3 is 1.73 bits per heavy atom. The van der Waals surface area contributed by atoms with Gasteiger partial charge in [0.1, 0.15) is 0 Å². The second-order valence-corrected chi connectivity index (χ2v) is 9.57. The Morgan fingerprint density at radius 2 is 1.40 bits per heavy atom. The summed E-state index contributed by atoms with van der Waals surface area (Å²) in [5.74, 6) is 0. The van der Waals surface area contributed by atoms with Crippen molar-refractivity contribution in [3.05, 3.63) is 0 Å². The maximum atomic E-state index is 5.39.